The summed E-state index contributed by atoms with van der Waals surface area (Å²) >= 11 is 0. The second-order valence-electron chi connectivity index (χ2n) is 3.85. The third-order valence-corrected chi connectivity index (χ3v) is 2.23. The number of nitrogens with two attached hydrogens (primary N) is 1. The van der Waals surface area contributed by atoms with Crippen molar-refractivity contribution in [3.8, 4) is 5.75 Å². The number of hydrogen-bond acceptors (Lipinski definition) is 4. The van der Waals surface area contributed by atoms with Gasteiger partial charge in [-0.2, -0.15) is 13.2 Å². The van der Waals surface area contributed by atoms with E-state index in [4.69, 9.17) is 10.5 Å². The Bertz CT molecular complexity index is 502. The summed E-state index contributed by atoms with van der Waals surface area (Å²) in [6.45, 7) is 0.642. The molecule has 5 nitrogen and oxygen atoms in total. The van der Waals surface area contributed by atoms with Gasteiger partial charge in [-0.25, -0.2) is 4.79 Å². The van der Waals surface area contributed by atoms with E-state index in [1.54, 1.807) is 0 Å². The van der Waals surface area contributed by atoms with Gasteiger partial charge < -0.3 is 15.2 Å². The molecule has 0 spiro atoms. The third kappa shape index (κ3) is 4.79. The first-order valence-electron chi connectivity index (χ1n) is 5.49. The van der Waals surface area contributed by atoms with Crippen molar-refractivity contribution in [2.24, 2.45) is 5.73 Å². The molecular weight excluding hydrogens is 279 g/mol. The number of carbonyl (C=O) groups is 2. The third-order valence-electron chi connectivity index (χ3n) is 2.23. The molecule has 0 saturated heterocycles. The van der Waals surface area contributed by atoms with Crippen molar-refractivity contribution in [1.29, 1.82) is 0 Å². The van der Waals surface area contributed by atoms with E-state index in [2.05, 4.69) is 4.74 Å². The summed E-state index contributed by atoms with van der Waals surface area (Å²) in [5, 5.41) is 0. The molecule has 2 N–H and O–H groups in total. The van der Waals surface area contributed by atoms with Crippen molar-refractivity contribution < 1.29 is 32.2 Å². The Kier molecular flexibility index (Phi) is 4.95. The van der Waals surface area contributed by atoms with Gasteiger partial charge in [-0.15, -0.1) is 0 Å². The maximum absolute atomic E-state index is 12.4. The van der Waals surface area contributed by atoms with Crippen LogP contribution in [0, 0.1) is 0 Å². The van der Waals surface area contributed by atoms with E-state index in [1.165, 1.54) is 13.0 Å². The number of hydrogen-bond donors (Lipinski definition) is 1. The predicted molar refractivity (Wildman–Crippen MR) is 61.7 cm³/mol. The van der Waals surface area contributed by atoms with E-state index >= 15 is 0 Å². The van der Waals surface area contributed by atoms with Crippen LogP contribution < -0.4 is 10.5 Å². The van der Waals surface area contributed by atoms with Gasteiger partial charge in [0.25, 0.3) is 5.91 Å². The highest BCUT2D eigenvalue weighted by atomic mass is 19.4. The molecule has 0 radical (unpaired) electrons. The molecule has 8 heteroatoms. The molecule has 0 fully saturated rings. The largest absolute Gasteiger partial charge is 0.482 e. The van der Waals surface area contributed by atoms with Crippen LogP contribution in [0.25, 0.3) is 0 Å². The molecule has 1 atom stereocenters. The van der Waals surface area contributed by atoms with E-state index < -0.39 is 36.3 Å². The van der Waals surface area contributed by atoms with Crippen LogP contribution in [0.4, 0.5) is 13.2 Å². The quantitative estimate of drug-likeness (QED) is 0.834. The highest BCUT2D eigenvalue weighted by Crippen LogP contribution is 2.31. The van der Waals surface area contributed by atoms with Crippen LogP contribution in [0.1, 0.15) is 12.5 Å². The van der Waals surface area contributed by atoms with Crippen molar-refractivity contribution in [3.63, 3.8) is 0 Å². The van der Waals surface area contributed by atoms with E-state index in [0.717, 1.165) is 18.2 Å². The van der Waals surface area contributed by atoms with Crippen molar-refractivity contribution in [2.75, 3.05) is 6.61 Å². The smallest absolute Gasteiger partial charge is 0.416 e. The first kappa shape index (κ1) is 15.8. The standard InChI is InChI=1S/C12H12F3NO4/c1-7(11(16)18)20-10(17)6-19-9-4-2-3-8(5-9)12(13,14)15/h2-5,7H,6H2,1H3,(H2,16,18)/t7-/m1/s1. The molecule has 0 bridgehead atoms. The number of ether oxygens (including phenoxy) is 2. The van der Waals surface area contributed by atoms with Crippen LogP contribution in [0.15, 0.2) is 24.3 Å². The van der Waals surface area contributed by atoms with E-state index in [-0.39, 0.29) is 5.75 Å². The van der Waals surface area contributed by atoms with Gasteiger partial charge in [-0.1, -0.05) is 6.07 Å². The lowest BCUT2D eigenvalue weighted by molar-refractivity contribution is -0.155. The zero-order chi connectivity index (χ0) is 15.3. The van der Waals surface area contributed by atoms with Gasteiger partial charge in [0.2, 0.25) is 0 Å². The number of esters is 1. The summed E-state index contributed by atoms with van der Waals surface area (Å²) in [6, 6.07) is 4.04. The van der Waals surface area contributed by atoms with Gasteiger partial charge in [0.1, 0.15) is 5.75 Å². The fraction of sp³-hybridized carbons (Fsp3) is 0.333. The fourth-order valence-electron chi connectivity index (χ4n) is 1.19. The molecule has 1 amide bonds. The zero-order valence-electron chi connectivity index (χ0n) is 10.4. The molecule has 0 unspecified atom stereocenters. The summed E-state index contributed by atoms with van der Waals surface area (Å²) in [5.41, 5.74) is 3.98. The number of rotatable bonds is 5. The molecule has 0 aromatic heterocycles. The second kappa shape index (κ2) is 6.27. The van der Waals surface area contributed by atoms with E-state index in [1.807, 2.05) is 0 Å². The van der Waals surface area contributed by atoms with Crippen molar-refractivity contribution in [1.82, 2.24) is 0 Å². The van der Waals surface area contributed by atoms with Gasteiger partial charge in [-0.05, 0) is 25.1 Å². The first-order chi connectivity index (χ1) is 9.20. The Labute approximate surface area is 112 Å². The van der Waals surface area contributed by atoms with Gasteiger partial charge in [0.05, 0.1) is 5.56 Å². The highest BCUT2D eigenvalue weighted by Gasteiger charge is 2.30. The van der Waals surface area contributed by atoms with Gasteiger partial charge >= 0.3 is 12.1 Å². The molecule has 0 saturated carbocycles. The minimum atomic E-state index is -4.50. The lowest BCUT2D eigenvalue weighted by atomic mass is 10.2. The van der Waals surface area contributed by atoms with E-state index in [9.17, 15) is 22.8 Å². The Morgan fingerprint density at radius 1 is 1.35 bits per heavy atom. The van der Waals surface area contributed by atoms with Crippen LogP contribution >= 0.6 is 0 Å². The van der Waals surface area contributed by atoms with Crippen molar-refractivity contribution >= 4 is 11.9 Å². The average Bonchev–Trinajstić information content (AvgIpc) is 2.35. The number of benzene rings is 1. The lowest BCUT2D eigenvalue weighted by Gasteiger charge is -2.11. The molecule has 110 valence electrons. The topological polar surface area (TPSA) is 78.6 Å². The molecule has 1 aromatic carbocycles. The number of alkyl halides is 3. The van der Waals surface area contributed by atoms with Gasteiger partial charge in [0, 0.05) is 0 Å². The number of carbonyl (C=O) groups excluding carboxylic acids is 2. The minimum Gasteiger partial charge on any atom is -0.482 e. The SMILES string of the molecule is C[C@@H](OC(=O)COc1cccc(C(F)(F)F)c1)C(N)=O. The fourth-order valence-corrected chi connectivity index (χ4v) is 1.19. The molecule has 0 aliphatic heterocycles. The highest BCUT2D eigenvalue weighted by molar-refractivity contribution is 5.82. The second-order valence-corrected chi connectivity index (χ2v) is 3.85. The zero-order valence-corrected chi connectivity index (χ0v) is 10.4. The van der Waals surface area contributed by atoms with Crippen LogP contribution in [-0.4, -0.2) is 24.6 Å². The summed E-state index contributed by atoms with van der Waals surface area (Å²) in [6.07, 6.45) is -5.63. The molecule has 1 rings (SSSR count). The van der Waals surface area contributed by atoms with Crippen molar-refractivity contribution in [2.45, 2.75) is 19.2 Å². The average molecular weight is 291 g/mol. The van der Waals surface area contributed by atoms with Crippen molar-refractivity contribution in [3.05, 3.63) is 29.8 Å². The van der Waals surface area contributed by atoms with Gasteiger partial charge in [0.15, 0.2) is 12.7 Å². The summed E-state index contributed by atoms with van der Waals surface area (Å²) in [5.74, 6) is -1.88. The number of amides is 1. The number of halogens is 3. The molecule has 0 heterocycles. The Morgan fingerprint density at radius 2 is 2.00 bits per heavy atom. The summed E-state index contributed by atoms with van der Waals surface area (Å²) < 4.78 is 46.7. The molecular formula is C12H12F3NO4. The summed E-state index contributed by atoms with van der Waals surface area (Å²) in [7, 11) is 0. The maximum atomic E-state index is 12.4. The lowest BCUT2D eigenvalue weighted by Crippen LogP contribution is -2.32. The van der Waals surface area contributed by atoms with Crippen LogP contribution in [-0.2, 0) is 20.5 Å². The van der Waals surface area contributed by atoms with Gasteiger partial charge in [-0.3, -0.25) is 4.79 Å². The Morgan fingerprint density at radius 3 is 2.55 bits per heavy atom. The van der Waals surface area contributed by atoms with E-state index in [0.29, 0.717) is 0 Å². The predicted octanol–water partition coefficient (Wildman–Crippen LogP) is 1.50. The molecule has 0 aliphatic rings. The normalized spacial score (nSPS) is 12.6. The van der Waals surface area contributed by atoms with Crippen LogP contribution in [0.3, 0.4) is 0 Å². The molecule has 20 heavy (non-hydrogen) atoms. The number of primary amides is 1. The molecule has 1 aromatic rings. The monoisotopic (exact) mass is 291 g/mol. The van der Waals surface area contributed by atoms with Crippen LogP contribution in [0.2, 0.25) is 0 Å². The minimum absolute atomic E-state index is 0.136. The Balaban J connectivity index is 2.58. The summed E-state index contributed by atoms with van der Waals surface area (Å²) in [4.78, 5) is 21.9. The molecule has 0 aliphatic carbocycles. The maximum Gasteiger partial charge on any atom is 0.416 e. The Hall–Kier alpha value is -2.25. The van der Waals surface area contributed by atoms with Crippen LogP contribution in [0.5, 0.6) is 5.75 Å². The first-order valence-corrected chi connectivity index (χ1v) is 5.49.